The molecule has 0 bridgehead atoms. The molecule has 1 atom stereocenters. The Hall–Kier alpha value is -2.92. The summed E-state index contributed by atoms with van der Waals surface area (Å²) in [6, 6.07) is 17.9. The Bertz CT molecular complexity index is 869. The van der Waals surface area contributed by atoms with Gasteiger partial charge < -0.3 is 11.1 Å². The first-order chi connectivity index (χ1) is 13.0. The normalized spacial score (nSPS) is 12.1. The first-order valence-electron chi connectivity index (χ1n) is 9.24. The second-order valence-electron chi connectivity index (χ2n) is 7.04. The minimum atomic E-state index is -0.220. The molecule has 0 aliphatic carbocycles. The van der Waals surface area contributed by atoms with Crippen LogP contribution in [0.25, 0.3) is 5.69 Å². The number of hydrogen-bond donors (Lipinski definition) is 2. The van der Waals surface area contributed by atoms with E-state index in [1.165, 1.54) is 5.56 Å². The number of carbonyl (C=O) groups excluding carboxylic acids is 1. The maximum Gasteiger partial charge on any atom is 0.224 e. The lowest BCUT2D eigenvalue weighted by Gasteiger charge is -2.14. The number of para-hydroxylation sites is 1. The number of hydrogen-bond acceptors (Lipinski definition) is 3. The second-order valence-corrected chi connectivity index (χ2v) is 7.04. The van der Waals surface area contributed by atoms with E-state index in [0.29, 0.717) is 12.5 Å². The van der Waals surface area contributed by atoms with Crippen molar-refractivity contribution in [1.29, 1.82) is 0 Å². The molecule has 0 saturated heterocycles. The van der Waals surface area contributed by atoms with Crippen molar-refractivity contribution in [2.24, 2.45) is 5.73 Å². The van der Waals surface area contributed by atoms with Crippen LogP contribution in [-0.2, 0) is 11.2 Å². The molecule has 1 unspecified atom stereocenters. The number of benzene rings is 2. The van der Waals surface area contributed by atoms with Crippen LogP contribution in [0.1, 0.15) is 42.5 Å². The smallest absolute Gasteiger partial charge is 0.224 e. The van der Waals surface area contributed by atoms with Crippen LogP contribution in [0, 0.1) is 0 Å². The van der Waals surface area contributed by atoms with Gasteiger partial charge in [-0.1, -0.05) is 56.3 Å². The van der Waals surface area contributed by atoms with Crippen LogP contribution in [0.15, 0.2) is 67.0 Å². The number of aromatic nitrogens is 2. The van der Waals surface area contributed by atoms with E-state index in [1.54, 1.807) is 10.9 Å². The molecule has 140 valence electrons. The fourth-order valence-corrected chi connectivity index (χ4v) is 2.89. The SMILES string of the molecule is CC(C)c1ccc(C(N)CNC(=O)Cc2cnn(-c3ccccc3)c2)cc1. The summed E-state index contributed by atoms with van der Waals surface area (Å²) in [5.74, 6) is 0.434. The summed E-state index contributed by atoms with van der Waals surface area (Å²) in [5.41, 5.74) is 10.4. The summed E-state index contributed by atoms with van der Waals surface area (Å²) in [7, 11) is 0. The van der Waals surface area contributed by atoms with Crippen molar-refractivity contribution in [2.45, 2.75) is 32.2 Å². The van der Waals surface area contributed by atoms with Gasteiger partial charge in [-0.15, -0.1) is 0 Å². The van der Waals surface area contributed by atoms with Gasteiger partial charge in [-0.25, -0.2) is 4.68 Å². The highest BCUT2D eigenvalue weighted by Crippen LogP contribution is 2.17. The minimum absolute atomic E-state index is 0.0585. The average molecular weight is 362 g/mol. The highest BCUT2D eigenvalue weighted by atomic mass is 16.1. The number of rotatable bonds is 7. The average Bonchev–Trinajstić information content (AvgIpc) is 3.15. The van der Waals surface area contributed by atoms with Gasteiger partial charge in [0.2, 0.25) is 5.91 Å². The fraction of sp³-hybridized carbons (Fsp3) is 0.273. The van der Waals surface area contributed by atoms with Crippen molar-refractivity contribution in [3.8, 4) is 5.69 Å². The molecule has 0 spiro atoms. The predicted molar refractivity (Wildman–Crippen MR) is 108 cm³/mol. The summed E-state index contributed by atoms with van der Waals surface area (Å²) in [5, 5.41) is 7.23. The second kappa shape index (κ2) is 8.64. The molecular weight excluding hydrogens is 336 g/mol. The molecule has 2 aromatic carbocycles. The molecular formula is C22H26N4O. The number of amides is 1. The maximum absolute atomic E-state index is 12.2. The molecule has 0 aliphatic rings. The lowest BCUT2D eigenvalue weighted by atomic mass is 9.99. The lowest BCUT2D eigenvalue weighted by Crippen LogP contribution is -2.32. The Morgan fingerprint density at radius 2 is 1.74 bits per heavy atom. The van der Waals surface area contributed by atoms with Gasteiger partial charge in [-0.2, -0.15) is 5.10 Å². The Balaban J connectivity index is 1.51. The quantitative estimate of drug-likeness (QED) is 0.677. The standard InChI is InChI=1S/C22H26N4O/c1-16(2)18-8-10-19(11-9-18)21(23)14-24-22(27)12-17-13-25-26(15-17)20-6-4-3-5-7-20/h3-11,13,15-16,21H,12,14,23H2,1-2H3,(H,24,27). The summed E-state index contributed by atoms with van der Waals surface area (Å²) in [6.07, 6.45) is 3.88. The van der Waals surface area contributed by atoms with Crippen LogP contribution in [-0.4, -0.2) is 22.2 Å². The predicted octanol–water partition coefficient (Wildman–Crippen LogP) is 3.35. The van der Waals surface area contributed by atoms with Gasteiger partial charge in [0.15, 0.2) is 0 Å². The number of nitrogens with zero attached hydrogens (tertiary/aromatic N) is 2. The van der Waals surface area contributed by atoms with Gasteiger partial charge in [-0.3, -0.25) is 4.79 Å². The van der Waals surface area contributed by atoms with Crippen molar-refractivity contribution in [1.82, 2.24) is 15.1 Å². The van der Waals surface area contributed by atoms with Crippen molar-refractivity contribution in [3.05, 3.63) is 83.7 Å². The Morgan fingerprint density at radius 1 is 1.07 bits per heavy atom. The number of nitrogens with one attached hydrogen (secondary N) is 1. The molecule has 0 aliphatic heterocycles. The van der Waals surface area contributed by atoms with Gasteiger partial charge in [0.05, 0.1) is 18.3 Å². The van der Waals surface area contributed by atoms with Crippen LogP contribution in [0.5, 0.6) is 0 Å². The molecule has 3 N–H and O–H groups in total. The van der Waals surface area contributed by atoms with Crippen LogP contribution < -0.4 is 11.1 Å². The third kappa shape index (κ3) is 5.05. The maximum atomic E-state index is 12.2. The highest BCUT2D eigenvalue weighted by Gasteiger charge is 2.11. The first-order valence-corrected chi connectivity index (χ1v) is 9.24. The van der Waals surface area contributed by atoms with Gasteiger partial charge in [0.1, 0.15) is 0 Å². The third-order valence-corrected chi connectivity index (χ3v) is 4.57. The minimum Gasteiger partial charge on any atom is -0.354 e. The van der Waals surface area contributed by atoms with E-state index in [1.807, 2.05) is 48.7 Å². The molecule has 1 amide bonds. The van der Waals surface area contributed by atoms with Gasteiger partial charge >= 0.3 is 0 Å². The van der Waals surface area contributed by atoms with Crippen LogP contribution in [0.2, 0.25) is 0 Å². The first kappa shape index (κ1) is 18.9. The van der Waals surface area contributed by atoms with E-state index >= 15 is 0 Å². The van der Waals surface area contributed by atoms with E-state index in [2.05, 4.69) is 36.4 Å². The van der Waals surface area contributed by atoms with Crippen molar-refractivity contribution in [3.63, 3.8) is 0 Å². The fourth-order valence-electron chi connectivity index (χ4n) is 2.89. The van der Waals surface area contributed by atoms with Gasteiger partial charge in [0, 0.05) is 18.8 Å². The highest BCUT2D eigenvalue weighted by molar-refractivity contribution is 5.78. The Kier molecular flexibility index (Phi) is 6.04. The molecule has 3 aromatic rings. The van der Waals surface area contributed by atoms with Crippen molar-refractivity contribution in [2.75, 3.05) is 6.54 Å². The number of nitrogens with two attached hydrogens (primary N) is 1. The van der Waals surface area contributed by atoms with Crippen molar-refractivity contribution < 1.29 is 4.79 Å². The molecule has 5 nitrogen and oxygen atoms in total. The van der Waals surface area contributed by atoms with Gasteiger partial charge in [-0.05, 0) is 34.7 Å². The zero-order chi connectivity index (χ0) is 19.2. The monoisotopic (exact) mass is 362 g/mol. The van der Waals surface area contributed by atoms with E-state index in [0.717, 1.165) is 16.8 Å². The summed E-state index contributed by atoms with van der Waals surface area (Å²) in [4.78, 5) is 12.2. The summed E-state index contributed by atoms with van der Waals surface area (Å²) >= 11 is 0. The van der Waals surface area contributed by atoms with Crippen LogP contribution in [0.4, 0.5) is 0 Å². The van der Waals surface area contributed by atoms with E-state index < -0.39 is 0 Å². The topological polar surface area (TPSA) is 72.9 Å². The number of carbonyl (C=O) groups is 1. The summed E-state index contributed by atoms with van der Waals surface area (Å²) < 4.78 is 1.77. The largest absolute Gasteiger partial charge is 0.354 e. The van der Waals surface area contributed by atoms with Gasteiger partial charge in [0.25, 0.3) is 0 Å². The molecule has 5 heteroatoms. The van der Waals surface area contributed by atoms with Crippen molar-refractivity contribution >= 4 is 5.91 Å². The van der Waals surface area contributed by atoms with E-state index in [4.69, 9.17) is 5.73 Å². The molecule has 27 heavy (non-hydrogen) atoms. The molecule has 0 fully saturated rings. The summed E-state index contributed by atoms with van der Waals surface area (Å²) in [6.45, 7) is 4.73. The van der Waals surface area contributed by atoms with E-state index in [-0.39, 0.29) is 18.4 Å². The van der Waals surface area contributed by atoms with Crippen LogP contribution >= 0.6 is 0 Å². The lowest BCUT2D eigenvalue weighted by molar-refractivity contribution is -0.120. The molecule has 3 rings (SSSR count). The third-order valence-electron chi connectivity index (χ3n) is 4.57. The molecule has 0 saturated carbocycles. The Labute approximate surface area is 160 Å². The molecule has 0 radical (unpaired) electrons. The van der Waals surface area contributed by atoms with Crippen LogP contribution in [0.3, 0.4) is 0 Å². The van der Waals surface area contributed by atoms with E-state index in [9.17, 15) is 4.79 Å². The zero-order valence-electron chi connectivity index (χ0n) is 15.8. The Morgan fingerprint density at radius 3 is 2.41 bits per heavy atom. The molecule has 1 heterocycles. The molecule has 1 aromatic heterocycles. The zero-order valence-corrected chi connectivity index (χ0v) is 15.8.